The number of pyridine rings is 1. The Morgan fingerprint density at radius 3 is 2.78 bits per heavy atom. The van der Waals surface area contributed by atoms with Crippen molar-refractivity contribution in [2.75, 3.05) is 18.4 Å². The van der Waals surface area contributed by atoms with E-state index in [2.05, 4.69) is 15.6 Å². The molecular weight excluding hydrogens is 247 g/mol. The molecule has 0 radical (unpaired) electrons. The van der Waals surface area contributed by atoms with E-state index in [9.17, 15) is 18.0 Å². The highest BCUT2D eigenvalue weighted by Crippen LogP contribution is 2.18. The van der Waals surface area contributed by atoms with Crippen LogP contribution >= 0.6 is 0 Å². The van der Waals surface area contributed by atoms with Crippen molar-refractivity contribution in [2.45, 2.75) is 19.5 Å². The first-order valence-electron chi connectivity index (χ1n) is 5.47. The minimum absolute atomic E-state index is 0.0932. The Kier molecular flexibility index (Phi) is 4.94. The number of carbonyl (C=O) groups is 1. The molecule has 0 aliphatic heterocycles. The van der Waals surface area contributed by atoms with Gasteiger partial charge in [-0.25, -0.2) is 0 Å². The van der Waals surface area contributed by atoms with Crippen LogP contribution in [0.4, 0.5) is 18.9 Å². The zero-order chi connectivity index (χ0) is 13.6. The number of hydrogen-bond acceptors (Lipinski definition) is 3. The van der Waals surface area contributed by atoms with E-state index < -0.39 is 25.0 Å². The van der Waals surface area contributed by atoms with Gasteiger partial charge in [-0.1, -0.05) is 0 Å². The van der Waals surface area contributed by atoms with Crippen molar-refractivity contribution in [3.8, 4) is 0 Å². The number of anilines is 1. The average Bonchev–Trinajstić information content (AvgIpc) is 2.28. The van der Waals surface area contributed by atoms with Gasteiger partial charge >= 0.3 is 6.18 Å². The number of halogens is 3. The molecule has 0 fully saturated rings. The quantitative estimate of drug-likeness (QED) is 0.854. The molecule has 0 aromatic carbocycles. The van der Waals surface area contributed by atoms with Gasteiger partial charge in [-0.3, -0.25) is 9.78 Å². The van der Waals surface area contributed by atoms with Gasteiger partial charge in [0.05, 0.1) is 6.42 Å². The molecule has 2 N–H and O–H groups in total. The summed E-state index contributed by atoms with van der Waals surface area (Å²) in [5, 5.41) is 5.16. The zero-order valence-corrected chi connectivity index (χ0v) is 9.84. The van der Waals surface area contributed by atoms with E-state index in [0.29, 0.717) is 12.2 Å². The molecule has 0 spiro atoms. The summed E-state index contributed by atoms with van der Waals surface area (Å²) in [5.41, 5.74) is 0.795. The molecule has 0 aliphatic carbocycles. The van der Waals surface area contributed by atoms with Crippen molar-refractivity contribution in [1.82, 2.24) is 10.3 Å². The summed E-state index contributed by atoms with van der Waals surface area (Å²) in [5.74, 6) is -0.612. The van der Waals surface area contributed by atoms with Gasteiger partial charge in [0, 0.05) is 25.0 Å². The molecule has 0 saturated heterocycles. The van der Waals surface area contributed by atoms with E-state index in [-0.39, 0.29) is 5.69 Å². The predicted molar refractivity (Wildman–Crippen MR) is 61.4 cm³/mol. The van der Waals surface area contributed by atoms with Gasteiger partial charge in [0.2, 0.25) is 0 Å². The number of amides is 1. The number of nitrogens with one attached hydrogen (secondary N) is 2. The van der Waals surface area contributed by atoms with Crippen molar-refractivity contribution in [1.29, 1.82) is 0 Å². The van der Waals surface area contributed by atoms with Crippen LogP contribution in [0.1, 0.15) is 23.8 Å². The maximum absolute atomic E-state index is 11.9. The van der Waals surface area contributed by atoms with Crippen LogP contribution in [0.15, 0.2) is 18.3 Å². The first kappa shape index (κ1) is 14.3. The second-order valence-corrected chi connectivity index (χ2v) is 3.58. The number of rotatable bonds is 5. The Labute approximate surface area is 103 Å². The minimum Gasteiger partial charge on any atom is -0.385 e. The van der Waals surface area contributed by atoms with Crippen LogP contribution in [0, 0.1) is 0 Å². The predicted octanol–water partition coefficient (Wildman–Crippen LogP) is 2.20. The van der Waals surface area contributed by atoms with Gasteiger partial charge in [0.25, 0.3) is 5.91 Å². The van der Waals surface area contributed by atoms with Crippen LogP contribution in [0.5, 0.6) is 0 Å². The molecule has 1 amide bonds. The van der Waals surface area contributed by atoms with Crippen LogP contribution in [0.3, 0.4) is 0 Å². The Bertz CT molecular complexity index is 407. The monoisotopic (exact) mass is 261 g/mol. The van der Waals surface area contributed by atoms with Crippen molar-refractivity contribution in [3.05, 3.63) is 24.0 Å². The molecular formula is C11H14F3N3O. The molecule has 0 unspecified atom stereocenters. The standard InChI is InChI=1S/C11H14F3N3O/c1-2-15-8-3-5-16-9(7-8)10(18)17-6-4-11(12,13)14/h3,5,7H,2,4,6H2,1H3,(H,15,16)(H,17,18). The number of aromatic nitrogens is 1. The number of carbonyl (C=O) groups excluding carboxylic acids is 1. The number of nitrogens with zero attached hydrogens (tertiary/aromatic N) is 1. The van der Waals surface area contributed by atoms with Crippen molar-refractivity contribution in [2.24, 2.45) is 0 Å². The maximum Gasteiger partial charge on any atom is 0.390 e. The fraction of sp³-hybridized carbons (Fsp3) is 0.455. The Morgan fingerprint density at radius 1 is 1.44 bits per heavy atom. The summed E-state index contributed by atoms with van der Waals surface area (Å²) in [7, 11) is 0. The molecule has 0 saturated carbocycles. The first-order chi connectivity index (χ1) is 8.42. The van der Waals surface area contributed by atoms with Crippen LogP contribution in [-0.4, -0.2) is 30.2 Å². The summed E-state index contributed by atoms with van der Waals surface area (Å²) in [6.45, 7) is 2.12. The van der Waals surface area contributed by atoms with E-state index in [0.717, 1.165) is 0 Å². The molecule has 0 aliphatic rings. The maximum atomic E-state index is 11.9. The van der Waals surface area contributed by atoms with Gasteiger partial charge in [-0.2, -0.15) is 13.2 Å². The summed E-state index contributed by atoms with van der Waals surface area (Å²) in [4.78, 5) is 15.3. The lowest BCUT2D eigenvalue weighted by atomic mass is 10.3. The van der Waals surface area contributed by atoms with Crippen molar-refractivity contribution < 1.29 is 18.0 Å². The molecule has 0 atom stereocenters. The summed E-state index contributed by atoms with van der Waals surface area (Å²) >= 11 is 0. The molecule has 7 heteroatoms. The molecule has 1 rings (SSSR count). The van der Waals surface area contributed by atoms with E-state index in [4.69, 9.17) is 0 Å². The molecule has 100 valence electrons. The summed E-state index contributed by atoms with van der Waals surface area (Å²) in [6, 6.07) is 3.17. The van der Waals surface area contributed by atoms with E-state index in [1.807, 2.05) is 6.92 Å². The van der Waals surface area contributed by atoms with E-state index in [1.165, 1.54) is 12.3 Å². The Morgan fingerprint density at radius 2 is 2.17 bits per heavy atom. The molecule has 1 aromatic heterocycles. The van der Waals surface area contributed by atoms with E-state index >= 15 is 0 Å². The minimum atomic E-state index is -4.27. The second kappa shape index (κ2) is 6.23. The average molecular weight is 261 g/mol. The lowest BCUT2D eigenvalue weighted by Crippen LogP contribution is -2.28. The Hall–Kier alpha value is -1.79. The van der Waals surface area contributed by atoms with Gasteiger partial charge in [-0.15, -0.1) is 0 Å². The fourth-order valence-electron chi connectivity index (χ4n) is 1.28. The number of hydrogen-bond donors (Lipinski definition) is 2. The second-order valence-electron chi connectivity index (χ2n) is 3.58. The highest BCUT2D eigenvalue weighted by Gasteiger charge is 2.26. The SMILES string of the molecule is CCNc1ccnc(C(=O)NCCC(F)(F)F)c1. The molecule has 0 bridgehead atoms. The third-order valence-electron chi connectivity index (χ3n) is 2.07. The Balaban J connectivity index is 2.53. The highest BCUT2D eigenvalue weighted by atomic mass is 19.4. The van der Waals surface area contributed by atoms with Crippen molar-refractivity contribution >= 4 is 11.6 Å². The molecule has 4 nitrogen and oxygen atoms in total. The first-order valence-corrected chi connectivity index (χ1v) is 5.47. The van der Waals surface area contributed by atoms with Gasteiger partial charge in [-0.05, 0) is 19.1 Å². The normalized spacial score (nSPS) is 11.1. The van der Waals surface area contributed by atoms with Gasteiger partial charge in [0.15, 0.2) is 0 Å². The van der Waals surface area contributed by atoms with Crippen LogP contribution in [0.2, 0.25) is 0 Å². The highest BCUT2D eigenvalue weighted by molar-refractivity contribution is 5.93. The summed E-state index contributed by atoms with van der Waals surface area (Å²) < 4.78 is 35.7. The van der Waals surface area contributed by atoms with Crippen molar-refractivity contribution in [3.63, 3.8) is 0 Å². The van der Waals surface area contributed by atoms with E-state index in [1.54, 1.807) is 6.07 Å². The van der Waals surface area contributed by atoms with Crippen LogP contribution in [-0.2, 0) is 0 Å². The smallest absolute Gasteiger partial charge is 0.385 e. The van der Waals surface area contributed by atoms with Crippen LogP contribution < -0.4 is 10.6 Å². The van der Waals surface area contributed by atoms with Gasteiger partial charge < -0.3 is 10.6 Å². The molecule has 1 aromatic rings. The fourth-order valence-corrected chi connectivity index (χ4v) is 1.28. The lowest BCUT2D eigenvalue weighted by molar-refractivity contribution is -0.132. The largest absolute Gasteiger partial charge is 0.390 e. The molecule has 1 heterocycles. The lowest BCUT2D eigenvalue weighted by Gasteiger charge is -2.08. The van der Waals surface area contributed by atoms with Crippen LogP contribution in [0.25, 0.3) is 0 Å². The van der Waals surface area contributed by atoms with Gasteiger partial charge in [0.1, 0.15) is 5.69 Å². The topological polar surface area (TPSA) is 54.0 Å². The molecule has 18 heavy (non-hydrogen) atoms. The summed E-state index contributed by atoms with van der Waals surface area (Å²) in [6.07, 6.45) is -3.89. The third-order valence-corrected chi connectivity index (χ3v) is 2.07. The third kappa shape index (κ3) is 5.03. The number of alkyl halides is 3. The zero-order valence-electron chi connectivity index (χ0n) is 9.84.